The molecular weight excluding hydrogens is 312 g/mol. The molecule has 4 heterocycles. The van der Waals surface area contributed by atoms with Gasteiger partial charge in [0.25, 0.3) is 5.91 Å². The highest BCUT2D eigenvalue weighted by Gasteiger charge is 2.24. The third-order valence-corrected chi connectivity index (χ3v) is 4.65. The van der Waals surface area contributed by atoms with Gasteiger partial charge in [0.2, 0.25) is 0 Å². The van der Waals surface area contributed by atoms with Crippen LogP contribution in [-0.2, 0) is 13.0 Å². The van der Waals surface area contributed by atoms with Crippen molar-refractivity contribution in [1.29, 1.82) is 0 Å². The summed E-state index contributed by atoms with van der Waals surface area (Å²) in [7, 11) is 0. The van der Waals surface area contributed by atoms with Gasteiger partial charge < -0.3 is 9.32 Å². The van der Waals surface area contributed by atoms with Crippen molar-refractivity contribution in [1.82, 2.24) is 19.9 Å². The van der Waals surface area contributed by atoms with Crippen molar-refractivity contribution in [3.8, 4) is 11.5 Å². The fourth-order valence-electron chi connectivity index (χ4n) is 2.67. The maximum absolute atomic E-state index is 12.7. The highest BCUT2D eigenvalue weighted by atomic mass is 32.1. The summed E-state index contributed by atoms with van der Waals surface area (Å²) in [5.41, 5.74) is 3.34. The average Bonchev–Trinajstić information content (AvgIpc) is 3.22. The molecule has 0 aromatic carbocycles. The summed E-state index contributed by atoms with van der Waals surface area (Å²) in [4.78, 5) is 27.1. The number of hydrogen-bond donors (Lipinski definition) is 0. The second-order valence-electron chi connectivity index (χ2n) is 5.42. The Labute approximate surface area is 136 Å². The Morgan fingerprint density at radius 3 is 3.17 bits per heavy atom. The SMILES string of the molecule is Cc1nc(-c2cc(C(=O)N3CCc4cncnc4C3)co2)cs1. The van der Waals surface area contributed by atoms with Crippen molar-refractivity contribution >= 4 is 17.2 Å². The predicted octanol–water partition coefficient (Wildman–Crippen LogP) is 2.70. The Morgan fingerprint density at radius 2 is 2.35 bits per heavy atom. The Balaban J connectivity index is 1.55. The van der Waals surface area contributed by atoms with Crippen molar-refractivity contribution in [2.24, 2.45) is 0 Å². The zero-order chi connectivity index (χ0) is 15.8. The molecule has 0 radical (unpaired) electrons. The van der Waals surface area contributed by atoms with Gasteiger partial charge in [-0.15, -0.1) is 11.3 Å². The number of aromatic nitrogens is 3. The molecule has 0 N–H and O–H groups in total. The second-order valence-corrected chi connectivity index (χ2v) is 6.49. The minimum atomic E-state index is -0.0452. The van der Waals surface area contributed by atoms with Crippen LogP contribution in [0.1, 0.15) is 26.6 Å². The number of fused-ring (bicyclic) bond motifs is 1. The molecule has 0 bridgehead atoms. The number of carbonyl (C=O) groups excluding carboxylic acids is 1. The molecule has 3 aromatic heterocycles. The average molecular weight is 326 g/mol. The zero-order valence-corrected chi connectivity index (χ0v) is 13.3. The van der Waals surface area contributed by atoms with Crippen LogP contribution in [0.4, 0.5) is 0 Å². The minimum Gasteiger partial charge on any atom is -0.462 e. The van der Waals surface area contributed by atoms with Gasteiger partial charge in [0.15, 0.2) is 5.76 Å². The Morgan fingerprint density at radius 1 is 1.43 bits per heavy atom. The third kappa shape index (κ3) is 2.63. The molecule has 0 unspecified atom stereocenters. The molecule has 7 heteroatoms. The van der Waals surface area contributed by atoms with Gasteiger partial charge in [0, 0.05) is 18.1 Å². The molecule has 3 aromatic rings. The Hall–Kier alpha value is -2.54. The van der Waals surface area contributed by atoms with E-state index in [2.05, 4.69) is 15.0 Å². The van der Waals surface area contributed by atoms with Gasteiger partial charge in [0.05, 0.1) is 22.8 Å². The third-order valence-electron chi connectivity index (χ3n) is 3.88. The molecule has 23 heavy (non-hydrogen) atoms. The van der Waals surface area contributed by atoms with E-state index < -0.39 is 0 Å². The van der Waals surface area contributed by atoms with Crippen LogP contribution in [0.5, 0.6) is 0 Å². The summed E-state index contributed by atoms with van der Waals surface area (Å²) < 4.78 is 5.52. The Kier molecular flexibility index (Phi) is 3.42. The molecule has 4 rings (SSSR count). The number of thiazole rings is 1. The predicted molar refractivity (Wildman–Crippen MR) is 85.0 cm³/mol. The van der Waals surface area contributed by atoms with E-state index in [1.807, 2.05) is 18.5 Å². The van der Waals surface area contributed by atoms with Gasteiger partial charge in [0.1, 0.15) is 18.3 Å². The van der Waals surface area contributed by atoms with Gasteiger partial charge in [-0.3, -0.25) is 4.79 Å². The summed E-state index contributed by atoms with van der Waals surface area (Å²) in [5.74, 6) is 0.577. The highest BCUT2D eigenvalue weighted by molar-refractivity contribution is 7.09. The van der Waals surface area contributed by atoms with E-state index in [4.69, 9.17) is 4.42 Å². The molecule has 1 amide bonds. The van der Waals surface area contributed by atoms with Crippen LogP contribution in [0, 0.1) is 6.92 Å². The van der Waals surface area contributed by atoms with Gasteiger partial charge in [-0.2, -0.15) is 0 Å². The van der Waals surface area contributed by atoms with E-state index >= 15 is 0 Å². The van der Waals surface area contributed by atoms with Crippen LogP contribution < -0.4 is 0 Å². The monoisotopic (exact) mass is 326 g/mol. The number of rotatable bonds is 2. The van der Waals surface area contributed by atoms with Crippen LogP contribution >= 0.6 is 11.3 Å². The van der Waals surface area contributed by atoms with Gasteiger partial charge in [-0.25, -0.2) is 15.0 Å². The van der Waals surface area contributed by atoms with Crippen LogP contribution in [-0.4, -0.2) is 32.3 Å². The number of furan rings is 1. The zero-order valence-electron chi connectivity index (χ0n) is 12.5. The standard InChI is InChI=1S/C16H14N4O2S/c1-10-19-14(8-23-10)15-4-12(7-22-15)16(21)20-3-2-11-5-17-9-18-13(11)6-20/h4-5,7-9H,2-3,6H2,1H3. The summed E-state index contributed by atoms with van der Waals surface area (Å²) in [6.45, 7) is 3.11. The lowest BCUT2D eigenvalue weighted by Crippen LogP contribution is -2.36. The summed E-state index contributed by atoms with van der Waals surface area (Å²) in [6, 6.07) is 1.76. The fraction of sp³-hybridized carbons (Fsp3) is 0.250. The van der Waals surface area contributed by atoms with Crippen LogP contribution in [0.25, 0.3) is 11.5 Å². The molecule has 1 aliphatic heterocycles. The number of hydrogen-bond acceptors (Lipinski definition) is 6. The van der Waals surface area contributed by atoms with Crippen LogP contribution in [0.15, 0.2) is 34.7 Å². The maximum atomic E-state index is 12.7. The van der Waals surface area contributed by atoms with Crippen molar-refractivity contribution in [3.05, 3.63) is 52.1 Å². The van der Waals surface area contributed by atoms with Crippen molar-refractivity contribution < 1.29 is 9.21 Å². The summed E-state index contributed by atoms with van der Waals surface area (Å²) in [5, 5.41) is 2.90. The van der Waals surface area contributed by atoms with E-state index in [1.165, 1.54) is 12.6 Å². The first-order valence-corrected chi connectivity index (χ1v) is 8.17. The quantitative estimate of drug-likeness (QED) is 0.724. The molecule has 0 saturated heterocycles. The first-order chi connectivity index (χ1) is 11.2. The lowest BCUT2D eigenvalue weighted by atomic mass is 10.1. The molecule has 1 aliphatic rings. The van der Waals surface area contributed by atoms with Crippen molar-refractivity contribution in [2.75, 3.05) is 6.54 Å². The number of amides is 1. The molecule has 116 valence electrons. The normalized spacial score (nSPS) is 13.9. The minimum absolute atomic E-state index is 0.0452. The Bertz CT molecular complexity index is 870. The van der Waals surface area contributed by atoms with E-state index in [9.17, 15) is 4.79 Å². The second kappa shape index (κ2) is 5.58. The van der Waals surface area contributed by atoms with Crippen LogP contribution in [0.3, 0.4) is 0 Å². The van der Waals surface area contributed by atoms with Crippen molar-refractivity contribution in [3.63, 3.8) is 0 Å². The molecule has 0 fully saturated rings. The summed E-state index contributed by atoms with van der Waals surface area (Å²) in [6.07, 6.45) is 5.62. The molecule has 0 spiro atoms. The van der Waals surface area contributed by atoms with E-state index in [0.717, 1.165) is 28.4 Å². The number of nitrogens with zero attached hydrogens (tertiary/aromatic N) is 4. The summed E-state index contributed by atoms with van der Waals surface area (Å²) >= 11 is 1.56. The van der Waals surface area contributed by atoms with Gasteiger partial charge >= 0.3 is 0 Å². The van der Waals surface area contributed by atoms with Crippen molar-refractivity contribution in [2.45, 2.75) is 19.9 Å². The first-order valence-electron chi connectivity index (χ1n) is 7.29. The molecule has 0 atom stereocenters. The molecule has 0 aliphatic carbocycles. The maximum Gasteiger partial charge on any atom is 0.257 e. The molecule has 6 nitrogen and oxygen atoms in total. The number of aryl methyl sites for hydroxylation is 1. The number of carbonyl (C=O) groups is 1. The van der Waals surface area contributed by atoms with E-state index in [-0.39, 0.29) is 5.91 Å². The lowest BCUT2D eigenvalue weighted by Gasteiger charge is -2.27. The largest absolute Gasteiger partial charge is 0.462 e. The van der Waals surface area contributed by atoms with Gasteiger partial charge in [-0.1, -0.05) is 0 Å². The van der Waals surface area contributed by atoms with E-state index in [0.29, 0.717) is 24.4 Å². The van der Waals surface area contributed by atoms with Crippen LogP contribution in [0.2, 0.25) is 0 Å². The van der Waals surface area contributed by atoms with Gasteiger partial charge in [-0.05, 0) is 25.0 Å². The smallest absolute Gasteiger partial charge is 0.257 e. The van der Waals surface area contributed by atoms with E-state index in [1.54, 1.807) is 22.3 Å². The lowest BCUT2D eigenvalue weighted by molar-refractivity contribution is 0.0731. The highest BCUT2D eigenvalue weighted by Crippen LogP contribution is 2.25. The molecule has 0 saturated carbocycles. The first kappa shape index (κ1) is 14.1. The topological polar surface area (TPSA) is 72.1 Å². The molecular formula is C16H14N4O2S. The fourth-order valence-corrected chi connectivity index (χ4v) is 3.27.